The Bertz CT molecular complexity index is 403. The number of hydrogen-bond donors (Lipinski definition) is 1. The summed E-state index contributed by atoms with van der Waals surface area (Å²) in [6.07, 6.45) is 2.35. The highest BCUT2D eigenvalue weighted by atomic mass is 16.1. The van der Waals surface area contributed by atoms with Crippen LogP contribution in [0.1, 0.15) is 41.6 Å². The van der Waals surface area contributed by atoms with Crippen molar-refractivity contribution in [1.29, 1.82) is 0 Å². The minimum absolute atomic E-state index is 0.311. The van der Waals surface area contributed by atoms with Gasteiger partial charge in [0.1, 0.15) is 0 Å². The van der Waals surface area contributed by atoms with E-state index in [1.54, 1.807) is 0 Å². The Hall–Kier alpha value is -1.35. The lowest BCUT2D eigenvalue weighted by Crippen LogP contribution is -2.34. The van der Waals surface area contributed by atoms with Gasteiger partial charge in [-0.3, -0.25) is 4.79 Å². The van der Waals surface area contributed by atoms with Crippen LogP contribution in [-0.2, 0) is 0 Å². The molecule has 0 saturated carbocycles. The molecular weight excluding hydrogens is 212 g/mol. The van der Waals surface area contributed by atoms with Gasteiger partial charge in [0.15, 0.2) is 0 Å². The van der Waals surface area contributed by atoms with Crippen LogP contribution in [0.5, 0.6) is 0 Å². The smallest absolute Gasteiger partial charge is 0.248 e. The molecule has 2 N–H and O–H groups in total. The average molecular weight is 232 g/mol. The number of carbonyl (C=O) groups is 1. The first-order valence-corrected chi connectivity index (χ1v) is 6.33. The molecule has 1 aliphatic rings. The number of benzene rings is 1. The molecule has 3 heteroatoms. The number of nitrogens with two attached hydrogens (primary N) is 1. The molecule has 0 bridgehead atoms. The predicted molar refractivity (Wildman–Crippen MR) is 69.0 cm³/mol. The highest BCUT2D eigenvalue weighted by Crippen LogP contribution is 2.28. The zero-order valence-electron chi connectivity index (χ0n) is 10.4. The van der Waals surface area contributed by atoms with Gasteiger partial charge in [-0.25, -0.2) is 0 Å². The number of hydrogen-bond acceptors (Lipinski definition) is 2. The van der Waals surface area contributed by atoms with Crippen LogP contribution in [0.15, 0.2) is 24.3 Å². The molecule has 92 valence electrons. The van der Waals surface area contributed by atoms with Crippen molar-refractivity contribution in [1.82, 2.24) is 4.90 Å². The van der Waals surface area contributed by atoms with E-state index in [2.05, 4.69) is 11.8 Å². The predicted octanol–water partition coefficient (Wildman–Crippen LogP) is 1.98. The van der Waals surface area contributed by atoms with E-state index in [1.165, 1.54) is 13.0 Å². The van der Waals surface area contributed by atoms with Crippen molar-refractivity contribution in [3.8, 4) is 0 Å². The molecule has 3 nitrogen and oxygen atoms in total. The van der Waals surface area contributed by atoms with E-state index in [0.717, 1.165) is 25.1 Å². The van der Waals surface area contributed by atoms with Crippen molar-refractivity contribution in [3.05, 3.63) is 35.4 Å². The number of likely N-dealkylation sites (N-methyl/N-ethyl adjacent to an activating group) is 1. The Kier molecular flexibility index (Phi) is 3.79. The standard InChI is InChI=1S/C14H20N2O/c1-2-16-9-5-6-11(10-16)12-7-3-4-8-13(12)14(15)17/h3-4,7-8,11H,2,5-6,9-10H2,1H3,(H2,15,17). The fourth-order valence-electron chi connectivity index (χ4n) is 2.67. The maximum Gasteiger partial charge on any atom is 0.248 e. The van der Waals surface area contributed by atoms with Crippen LogP contribution < -0.4 is 5.73 Å². The van der Waals surface area contributed by atoms with Gasteiger partial charge in [-0.15, -0.1) is 0 Å². The lowest BCUT2D eigenvalue weighted by molar-refractivity contribution is 0.0998. The summed E-state index contributed by atoms with van der Waals surface area (Å²) in [5.41, 5.74) is 7.25. The summed E-state index contributed by atoms with van der Waals surface area (Å²) in [7, 11) is 0. The van der Waals surface area contributed by atoms with E-state index < -0.39 is 0 Å². The summed E-state index contributed by atoms with van der Waals surface area (Å²) in [6, 6.07) is 7.75. The minimum Gasteiger partial charge on any atom is -0.366 e. The molecule has 1 aromatic rings. The van der Waals surface area contributed by atoms with Gasteiger partial charge in [0.2, 0.25) is 5.91 Å². The van der Waals surface area contributed by atoms with E-state index in [-0.39, 0.29) is 5.91 Å². The third kappa shape index (κ3) is 2.67. The molecule has 1 atom stereocenters. The minimum atomic E-state index is -0.311. The average Bonchev–Trinajstić information content (AvgIpc) is 2.39. The first-order chi connectivity index (χ1) is 8.22. The summed E-state index contributed by atoms with van der Waals surface area (Å²) in [6.45, 7) is 5.48. The Morgan fingerprint density at radius 1 is 1.47 bits per heavy atom. The van der Waals surface area contributed by atoms with E-state index in [9.17, 15) is 4.79 Å². The van der Waals surface area contributed by atoms with Crippen LogP contribution >= 0.6 is 0 Å². The van der Waals surface area contributed by atoms with Crippen LogP contribution in [0.3, 0.4) is 0 Å². The second-order valence-electron chi connectivity index (χ2n) is 4.68. The number of rotatable bonds is 3. The molecule has 1 unspecified atom stereocenters. The van der Waals surface area contributed by atoms with Crippen molar-refractivity contribution in [3.63, 3.8) is 0 Å². The van der Waals surface area contributed by atoms with Crippen molar-refractivity contribution in [2.45, 2.75) is 25.7 Å². The second kappa shape index (κ2) is 5.32. The van der Waals surface area contributed by atoms with Crippen LogP contribution in [-0.4, -0.2) is 30.4 Å². The largest absolute Gasteiger partial charge is 0.366 e. The quantitative estimate of drug-likeness (QED) is 0.866. The Morgan fingerprint density at radius 3 is 2.94 bits per heavy atom. The lowest BCUT2D eigenvalue weighted by atomic mass is 9.87. The number of amides is 1. The number of piperidine rings is 1. The molecule has 1 saturated heterocycles. The van der Waals surface area contributed by atoms with Crippen LogP contribution in [0.4, 0.5) is 0 Å². The molecule has 1 heterocycles. The van der Waals surface area contributed by atoms with Crippen LogP contribution in [0.25, 0.3) is 0 Å². The molecule has 1 amide bonds. The molecule has 0 spiro atoms. The molecule has 1 fully saturated rings. The van der Waals surface area contributed by atoms with E-state index in [4.69, 9.17) is 5.73 Å². The number of likely N-dealkylation sites (tertiary alicyclic amines) is 1. The maximum absolute atomic E-state index is 11.4. The van der Waals surface area contributed by atoms with Crippen molar-refractivity contribution >= 4 is 5.91 Å². The first-order valence-electron chi connectivity index (χ1n) is 6.33. The highest BCUT2D eigenvalue weighted by molar-refractivity contribution is 5.94. The van der Waals surface area contributed by atoms with Gasteiger partial charge in [-0.1, -0.05) is 25.1 Å². The zero-order valence-corrected chi connectivity index (χ0v) is 10.4. The molecule has 0 aromatic heterocycles. The number of carbonyl (C=O) groups excluding carboxylic acids is 1. The van der Waals surface area contributed by atoms with Crippen molar-refractivity contribution < 1.29 is 4.79 Å². The van der Waals surface area contributed by atoms with Crippen LogP contribution in [0.2, 0.25) is 0 Å². The number of nitrogens with zero attached hydrogens (tertiary/aromatic N) is 1. The molecule has 0 radical (unpaired) electrons. The molecular formula is C14H20N2O. The van der Waals surface area contributed by atoms with Gasteiger partial charge >= 0.3 is 0 Å². The monoisotopic (exact) mass is 232 g/mol. The molecule has 2 rings (SSSR count). The fraction of sp³-hybridized carbons (Fsp3) is 0.500. The lowest BCUT2D eigenvalue weighted by Gasteiger charge is -2.32. The van der Waals surface area contributed by atoms with Gasteiger partial charge in [-0.2, -0.15) is 0 Å². The normalized spacial score (nSPS) is 21.4. The zero-order chi connectivity index (χ0) is 12.3. The molecule has 1 aromatic carbocycles. The first kappa shape index (κ1) is 12.1. The van der Waals surface area contributed by atoms with Crippen LogP contribution in [0, 0.1) is 0 Å². The number of primary amides is 1. The molecule has 1 aliphatic heterocycles. The third-order valence-electron chi connectivity index (χ3n) is 3.62. The third-order valence-corrected chi connectivity index (χ3v) is 3.62. The van der Waals surface area contributed by atoms with Crippen molar-refractivity contribution in [2.75, 3.05) is 19.6 Å². The van der Waals surface area contributed by atoms with E-state index >= 15 is 0 Å². The summed E-state index contributed by atoms with van der Waals surface area (Å²) >= 11 is 0. The molecule has 17 heavy (non-hydrogen) atoms. The van der Waals surface area contributed by atoms with E-state index in [1.807, 2.05) is 24.3 Å². The van der Waals surface area contributed by atoms with E-state index in [0.29, 0.717) is 11.5 Å². The fourth-order valence-corrected chi connectivity index (χ4v) is 2.67. The summed E-state index contributed by atoms with van der Waals surface area (Å²) in [5, 5.41) is 0. The summed E-state index contributed by atoms with van der Waals surface area (Å²) < 4.78 is 0. The molecule has 0 aliphatic carbocycles. The highest BCUT2D eigenvalue weighted by Gasteiger charge is 2.23. The summed E-state index contributed by atoms with van der Waals surface area (Å²) in [4.78, 5) is 13.9. The Morgan fingerprint density at radius 2 is 2.24 bits per heavy atom. The van der Waals surface area contributed by atoms with Gasteiger partial charge < -0.3 is 10.6 Å². The second-order valence-corrected chi connectivity index (χ2v) is 4.68. The SMILES string of the molecule is CCN1CCCC(c2ccccc2C(N)=O)C1. The van der Waals surface area contributed by atoms with Gasteiger partial charge in [0.25, 0.3) is 0 Å². The van der Waals surface area contributed by atoms with Crippen molar-refractivity contribution in [2.24, 2.45) is 5.73 Å². The van der Waals surface area contributed by atoms with Gasteiger partial charge in [0, 0.05) is 12.1 Å². The topological polar surface area (TPSA) is 46.3 Å². The maximum atomic E-state index is 11.4. The Labute approximate surface area is 103 Å². The van der Waals surface area contributed by atoms with Gasteiger partial charge in [-0.05, 0) is 43.5 Å². The summed E-state index contributed by atoms with van der Waals surface area (Å²) in [5.74, 6) is 0.140. The Balaban J connectivity index is 2.24. The van der Waals surface area contributed by atoms with Gasteiger partial charge in [0.05, 0.1) is 0 Å².